The molecule has 1 heterocycles. The van der Waals surface area contributed by atoms with Crippen LogP contribution in [0.15, 0.2) is 17.0 Å². The number of likely N-dealkylation sites (tertiary alicyclic amines) is 1. The third kappa shape index (κ3) is 5.20. The van der Waals surface area contributed by atoms with E-state index in [1.807, 2.05) is 0 Å². The highest BCUT2D eigenvalue weighted by Gasteiger charge is 2.23. The number of anilines is 1. The zero-order valence-corrected chi connectivity index (χ0v) is 17.8. The van der Waals surface area contributed by atoms with Crippen LogP contribution < -0.4 is 9.03 Å². The maximum absolute atomic E-state index is 12.7. The van der Waals surface area contributed by atoms with Crippen LogP contribution in [0.25, 0.3) is 0 Å². The van der Waals surface area contributed by atoms with Crippen LogP contribution in [0, 0.1) is 13.8 Å². The van der Waals surface area contributed by atoms with Crippen LogP contribution >= 0.6 is 0 Å². The van der Waals surface area contributed by atoms with E-state index >= 15 is 0 Å². The number of sulfonamides is 2. The highest BCUT2D eigenvalue weighted by atomic mass is 32.2. The molecule has 1 saturated heterocycles. The van der Waals surface area contributed by atoms with Crippen molar-refractivity contribution in [2.45, 2.75) is 38.0 Å². The summed E-state index contributed by atoms with van der Waals surface area (Å²) in [4.78, 5) is 13.8. The molecule has 0 atom stereocenters. The van der Waals surface area contributed by atoms with E-state index in [9.17, 15) is 21.6 Å². The van der Waals surface area contributed by atoms with Gasteiger partial charge < -0.3 is 4.90 Å². The van der Waals surface area contributed by atoms with Crippen LogP contribution in [0.3, 0.4) is 0 Å². The first-order valence-corrected chi connectivity index (χ1v) is 12.1. The Kier molecular flexibility index (Phi) is 6.54. The van der Waals surface area contributed by atoms with Gasteiger partial charge in [-0.3, -0.25) is 9.10 Å². The zero-order chi connectivity index (χ0) is 20.4. The Hall–Kier alpha value is -1.65. The van der Waals surface area contributed by atoms with Crippen molar-refractivity contribution in [2.75, 3.05) is 37.2 Å². The van der Waals surface area contributed by atoms with Crippen LogP contribution in [0.2, 0.25) is 0 Å². The minimum atomic E-state index is -3.87. The molecule has 0 bridgehead atoms. The molecule has 0 spiro atoms. The molecular weight excluding hydrogens is 390 g/mol. The average Bonchev–Trinajstić information content (AvgIpc) is 3.07. The SMILES string of the molecule is Cc1cc(C)c(S(=O)(=O)NCCC(=O)N2CCCC2)cc1N(C)S(C)(=O)=O. The summed E-state index contributed by atoms with van der Waals surface area (Å²) in [5.74, 6) is -0.0617. The molecule has 1 fully saturated rings. The molecule has 1 aliphatic rings. The molecule has 27 heavy (non-hydrogen) atoms. The number of amides is 1. The Morgan fingerprint density at radius 3 is 2.26 bits per heavy atom. The van der Waals surface area contributed by atoms with E-state index in [0.717, 1.165) is 36.5 Å². The van der Waals surface area contributed by atoms with Gasteiger partial charge in [0.25, 0.3) is 0 Å². The van der Waals surface area contributed by atoms with E-state index in [-0.39, 0.29) is 23.8 Å². The van der Waals surface area contributed by atoms with Crippen molar-refractivity contribution < 1.29 is 21.6 Å². The van der Waals surface area contributed by atoms with E-state index < -0.39 is 20.0 Å². The summed E-state index contributed by atoms with van der Waals surface area (Å²) in [6, 6.07) is 3.00. The fraction of sp³-hybridized carbons (Fsp3) is 0.588. The topological polar surface area (TPSA) is 104 Å². The number of rotatable bonds is 7. The summed E-state index contributed by atoms with van der Waals surface area (Å²) in [6.07, 6.45) is 3.12. The molecule has 8 nitrogen and oxygen atoms in total. The Bertz CT molecular complexity index is 920. The molecule has 1 aromatic rings. The molecule has 0 aromatic heterocycles. The van der Waals surface area contributed by atoms with Crippen LogP contribution in [0.1, 0.15) is 30.4 Å². The number of nitrogens with zero attached hydrogens (tertiary/aromatic N) is 2. The lowest BCUT2D eigenvalue weighted by Gasteiger charge is -2.21. The van der Waals surface area contributed by atoms with Crippen molar-refractivity contribution in [2.24, 2.45) is 0 Å². The number of benzene rings is 1. The van der Waals surface area contributed by atoms with E-state index in [4.69, 9.17) is 0 Å². The minimum absolute atomic E-state index is 0.00221. The largest absolute Gasteiger partial charge is 0.343 e. The highest BCUT2D eigenvalue weighted by molar-refractivity contribution is 7.92. The van der Waals surface area contributed by atoms with Crippen LogP contribution in [0.4, 0.5) is 5.69 Å². The number of nitrogens with one attached hydrogen (secondary N) is 1. The van der Waals surface area contributed by atoms with Gasteiger partial charge in [-0.1, -0.05) is 6.07 Å². The van der Waals surface area contributed by atoms with E-state index in [2.05, 4.69) is 4.72 Å². The number of aryl methyl sites for hydroxylation is 2. The molecule has 0 saturated carbocycles. The lowest BCUT2D eigenvalue weighted by Crippen LogP contribution is -2.33. The third-order valence-electron chi connectivity index (χ3n) is 4.71. The van der Waals surface area contributed by atoms with E-state index in [0.29, 0.717) is 16.8 Å². The first-order chi connectivity index (χ1) is 12.4. The molecule has 1 aliphatic heterocycles. The summed E-state index contributed by atoms with van der Waals surface area (Å²) in [5.41, 5.74) is 1.47. The van der Waals surface area contributed by atoms with Gasteiger partial charge >= 0.3 is 0 Å². The molecular formula is C17H27N3O5S2. The van der Waals surface area contributed by atoms with Crippen molar-refractivity contribution in [1.82, 2.24) is 9.62 Å². The Labute approximate surface area is 161 Å². The van der Waals surface area contributed by atoms with Gasteiger partial charge in [-0.25, -0.2) is 21.6 Å². The average molecular weight is 418 g/mol. The Morgan fingerprint density at radius 2 is 1.70 bits per heavy atom. The van der Waals surface area contributed by atoms with Gasteiger partial charge in [0.15, 0.2) is 0 Å². The smallest absolute Gasteiger partial charge is 0.240 e. The molecule has 2 rings (SSSR count). The molecule has 0 radical (unpaired) electrons. The van der Waals surface area contributed by atoms with Gasteiger partial charge in [0.2, 0.25) is 26.0 Å². The van der Waals surface area contributed by atoms with Gasteiger partial charge in [-0.05, 0) is 43.9 Å². The summed E-state index contributed by atoms with van der Waals surface area (Å²) in [7, 11) is -6.01. The second-order valence-corrected chi connectivity index (χ2v) is 10.6. The second-order valence-electron chi connectivity index (χ2n) is 6.87. The Morgan fingerprint density at radius 1 is 1.11 bits per heavy atom. The van der Waals surface area contributed by atoms with Crippen molar-refractivity contribution in [3.05, 3.63) is 23.3 Å². The molecule has 1 aromatic carbocycles. The van der Waals surface area contributed by atoms with Gasteiger partial charge in [-0.2, -0.15) is 0 Å². The lowest BCUT2D eigenvalue weighted by atomic mass is 10.1. The first-order valence-electron chi connectivity index (χ1n) is 8.76. The Balaban J connectivity index is 2.18. The minimum Gasteiger partial charge on any atom is -0.343 e. The maximum atomic E-state index is 12.7. The molecule has 10 heteroatoms. The van der Waals surface area contributed by atoms with Gasteiger partial charge in [0, 0.05) is 33.1 Å². The fourth-order valence-electron chi connectivity index (χ4n) is 3.12. The molecule has 1 amide bonds. The standard InChI is InChI=1S/C17H27N3O5S2/c1-13-11-14(2)16(12-15(13)19(3)26(4,22)23)27(24,25)18-8-7-17(21)20-9-5-6-10-20/h11-12,18H,5-10H2,1-4H3. The monoisotopic (exact) mass is 417 g/mol. The first kappa shape index (κ1) is 21.6. The third-order valence-corrected chi connectivity index (χ3v) is 7.50. The predicted octanol–water partition coefficient (Wildman–Crippen LogP) is 0.990. The summed E-state index contributed by atoms with van der Waals surface area (Å²) < 4.78 is 52.5. The lowest BCUT2D eigenvalue weighted by molar-refractivity contribution is -0.129. The maximum Gasteiger partial charge on any atom is 0.240 e. The van der Waals surface area contributed by atoms with Gasteiger partial charge in [0.05, 0.1) is 16.8 Å². The van der Waals surface area contributed by atoms with Crippen molar-refractivity contribution in [1.29, 1.82) is 0 Å². The number of carbonyl (C=O) groups excluding carboxylic acids is 1. The van der Waals surface area contributed by atoms with E-state index in [1.54, 1.807) is 24.8 Å². The van der Waals surface area contributed by atoms with Gasteiger partial charge in [0.1, 0.15) is 0 Å². The van der Waals surface area contributed by atoms with E-state index in [1.165, 1.54) is 13.1 Å². The van der Waals surface area contributed by atoms with Crippen LogP contribution in [-0.2, 0) is 24.8 Å². The summed E-state index contributed by atoms with van der Waals surface area (Å²) >= 11 is 0. The predicted molar refractivity (Wildman–Crippen MR) is 105 cm³/mol. The molecule has 1 N–H and O–H groups in total. The molecule has 0 aliphatic carbocycles. The van der Waals surface area contributed by atoms with Crippen LogP contribution in [0.5, 0.6) is 0 Å². The van der Waals surface area contributed by atoms with Crippen LogP contribution in [-0.4, -0.2) is 60.6 Å². The summed E-state index contributed by atoms with van der Waals surface area (Å²) in [6.45, 7) is 4.83. The summed E-state index contributed by atoms with van der Waals surface area (Å²) in [5, 5.41) is 0. The van der Waals surface area contributed by atoms with Crippen molar-refractivity contribution in [3.63, 3.8) is 0 Å². The normalized spacial score (nSPS) is 15.2. The number of carbonyl (C=O) groups is 1. The van der Waals surface area contributed by atoms with Crippen molar-refractivity contribution >= 4 is 31.6 Å². The number of hydrogen-bond acceptors (Lipinski definition) is 5. The van der Waals surface area contributed by atoms with Gasteiger partial charge in [-0.15, -0.1) is 0 Å². The fourth-order valence-corrected chi connectivity index (χ4v) is 4.95. The molecule has 152 valence electrons. The molecule has 0 unspecified atom stereocenters. The quantitative estimate of drug-likeness (QED) is 0.712. The highest BCUT2D eigenvalue weighted by Crippen LogP contribution is 2.27. The van der Waals surface area contributed by atoms with Crippen molar-refractivity contribution in [3.8, 4) is 0 Å². The second kappa shape index (κ2) is 8.15. The number of hydrogen-bond donors (Lipinski definition) is 1. The zero-order valence-electron chi connectivity index (χ0n) is 16.1.